The van der Waals surface area contributed by atoms with Crippen LogP contribution in [0.15, 0.2) is 59.1 Å². The van der Waals surface area contributed by atoms with Crippen LogP contribution >= 0.6 is 0 Å². The third kappa shape index (κ3) is 5.07. The third-order valence-electron chi connectivity index (χ3n) is 7.30. The van der Waals surface area contributed by atoms with Crippen LogP contribution in [0.4, 0.5) is 17.3 Å². The maximum absolute atomic E-state index is 13.3. The molecule has 212 valence electrons. The number of likely N-dealkylation sites (N-methyl/N-ethyl adjacent to an activating group) is 1. The highest BCUT2D eigenvalue weighted by Gasteiger charge is 2.27. The second-order valence-electron chi connectivity index (χ2n) is 10.5. The molecule has 2 aliphatic heterocycles. The predicted molar refractivity (Wildman–Crippen MR) is 158 cm³/mol. The number of hydrogen-bond donors (Lipinski definition) is 2. The number of benzene rings is 1. The summed E-state index contributed by atoms with van der Waals surface area (Å²) in [6, 6.07) is 6.39. The molecule has 2 aromatic heterocycles. The van der Waals surface area contributed by atoms with Gasteiger partial charge in [0.15, 0.2) is 17.7 Å². The second-order valence-corrected chi connectivity index (χ2v) is 10.5. The number of fused-ring (bicyclic) bond motifs is 1. The number of aromatic nitrogens is 4. The number of hydrazone groups is 1. The fraction of sp³-hybridized carbons (Fsp3) is 0.429. The zero-order chi connectivity index (χ0) is 28.6. The molecule has 5 rings (SSSR count). The topological polar surface area (TPSA) is 116 Å². The molecule has 12 nitrogen and oxygen atoms in total. The SMILES string of the molecule is C=CCn1c(=O)c2cnc(Nc3ccc(N4CC[C@H](N(C)C)C4)c(OC)c3)nc2n1C1=NN(C(C)C)C(O)C=C1. The molecule has 4 heterocycles. The normalized spacial score (nSPS) is 19.1. The fourth-order valence-electron chi connectivity index (χ4n) is 5.14. The van der Waals surface area contributed by atoms with Crippen LogP contribution in [0, 0.1) is 0 Å². The lowest BCUT2D eigenvalue weighted by atomic mass is 10.2. The Morgan fingerprint density at radius 3 is 2.80 bits per heavy atom. The van der Waals surface area contributed by atoms with Crippen molar-refractivity contribution in [2.24, 2.45) is 5.10 Å². The Morgan fingerprint density at radius 1 is 1.32 bits per heavy atom. The Bertz CT molecular complexity index is 1520. The maximum atomic E-state index is 13.3. The van der Waals surface area contributed by atoms with Crippen molar-refractivity contribution in [2.75, 3.05) is 44.5 Å². The molecule has 0 bridgehead atoms. The van der Waals surface area contributed by atoms with Gasteiger partial charge in [-0.2, -0.15) is 10.1 Å². The quantitative estimate of drug-likeness (QED) is 0.410. The van der Waals surface area contributed by atoms with Gasteiger partial charge in [-0.05, 0) is 58.6 Å². The van der Waals surface area contributed by atoms with Gasteiger partial charge in [0.2, 0.25) is 5.95 Å². The fourth-order valence-corrected chi connectivity index (χ4v) is 5.14. The minimum absolute atomic E-state index is 0.0597. The summed E-state index contributed by atoms with van der Waals surface area (Å²) in [5, 5.41) is 20.2. The molecular weight excluding hydrogens is 510 g/mol. The zero-order valence-corrected chi connectivity index (χ0v) is 23.7. The van der Waals surface area contributed by atoms with Gasteiger partial charge in [-0.15, -0.1) is 6.58 Å². The molecule has 40 heavy (non-hydrogen) atoms. The number of aliphatic hydroxyl groups is 1. The summed E-state index contributed by atoms with van der Waals surface area (Å²) >= 11 is 0. The van der Waals surface area contributed by atoms with Gasteiger partial charge in [0.25, 0.3) is 5.56 Å². The first-order valence-corrected chi connectivity index (χ1v) is 13.4. The number of nitrogens with zero attached hydrogens (tertiary/aromatic N) is 8. The molecule has 0 radical (unpaired) electrons. The molecule has 1 unspecified atom stereocenters. The van der Waals surface area contributed by atoms with E-state index in [-0.39, 0.29) is 18.1 Å². The van der Waals surface area contributed by atoms with Crippen LogP contribution in [0.2, 0.25) is 0 Å². The van der Waals surface area contributed by atoms with Gasteiger partial charge in [-0.1, -0.05) is 6.08 Å². The molecule has 2 aliphatic rings. The van der Waals surface area contributed by atoms with Gasteiger partial charge < -0.3 is 25.0 Å². The Labute approximate surface area is 233 Å². The van der Waals surface area contributed by atoms with E-state index in [4.69, 9.17) is 9.72 Å². The average molecular weight is 548 g/mol. The summed E-state index contributed by atoms with van der Waals surface area (Å²) in [4.78, 5) is 27.0. The van der Waals surface area contributed by atoms with E-state index >= 15 is 0 Å². The summed E-state index contributed by atoms with van der Waals surface area (Å²) in [6.45, 7) is 9.82. The number of aliphatic hydroxyl groups excluding tert-OH is 1. The van der Waals surface area contributed by atoms with Crippen molar-refractivity contribution in [3.8, 4) is 5.75 Å². The Hall–Kier alpha value is -4.16. The van der Waals surface area contributed by atoms with Crippen molar-refractivity contribution in [2.45, 2.75) is 45.1 Å². The van der Waals surface area contributed by atoms with Crippen LogP contribution in [0.25, 0.3) is 11.0 Å². The molecule has 1 saturated heterocycles. The minimum atomic E-state index is -0.857. The number of allylic oxidation sites excluding steroid dienone is 2. The number of hydrogen-bond acceptors (Lipinski definition) is 10. The Kier molecular flexibility index (Phi) is 7.63. The van der Waals surface area contributed by atoms with E-state index in [0.717, 1.165) is 36.6 Å². The summed E-state index contributed by atoms with van der Waals surface area (Å²) in [5.74, 6) is 1.53. The van der Waals surface area contributed by atoms with Crippen LogP contribution in [0.1, 0.15) is 20.3 Å². The highest BCUT2D eigenvalue weighted by molar-refractivity contribution is 5.99. The molecule has 1 aromatic carbocycles. The smallest absolute Gasteiger partial charge is 0.278 e. The van der Waals surface area contributed by atoms with E-state index in [9.17, 15) is 9.90 Å². The first-order valence-electron chi connectivity index (χ1n) is 13.4. The van der Waals surface area contributed by atoms with E-state index in [1.54, 1.807) is 35.0 Å². The van der Waals surface area contributed by atoms with Crippen LogP contribution in [-0.4, -0.2) is 92.8 Å². The Morgan fingerprint density at radius 2 is 2.12 bits per heavy atom. The molecule has 2 N–H and O–H groups in total. The largest absolute Gasteiger partial charge is 0.495 e. The van der Waals surface area contributed by atoms with Gasteiger partial charge in [0, 0.05) is 43.1 Å². The third-order valence-corrected chi connectivity index (χ3v) is 7.30. The first kappa shape index (κ1) is 27.4. The van der Waals surface area contributed by atoms with Crippen LogP contribution in [0.5, 0.6) is 5.75 Å². The standard InChI is InChI=1S/C28H37N9O3/c1-7-13-35-27(39)21-16-29-28(31-26(21)37(35)24-10-11-25(38)36(32-24)18(2)3)30-19-8-9-22(23(15-19)40-6)34-14-12-20(17-34)33(4)5/h7-11,15-16,18,20,25,38H,1,12-14,17H2,2-6H3,(H,29,30,31)/t20-,25?/m0/s1. The van der Waals surface area contributed by atoms with Gasteiger partial charge in [0.05, 0.1) is 19.3 Å². The Balaban J connectivity index is 1.50. The lowest BCUT2D eigenvalue weighted by Gasteiger charge is -2.30. The predicted octanol–water partition coefficient (Wildman–Crippen LogP) is 2.43. The molecule has 0 aliphatic carbocycles. The van der Waals surface area contributed by atoms with Crippen molar-refractivity contribution >= 4 is 34.2 Å². The summed E-state index contributed by atoms with van der Waals surface area (Å²) < 4.78 is 8.89. The molecule has 2 atom stereocenters. The maximum Gasteiger partial charge on any atom is 0.278 e. The van der Waals surface area contributed by atoms with Gasteiger partial charge in [-0.3, -0.25) is 9.80 Å². The lowest BCUT2D eigenvalue weighted by molar-refractivity contribution is 0.0188. The van der Waals surface area contributed by atoms with E-state index in [1.807, 2.05) is 32.0 Å². The first-order chi connectivity index (χ1) is 19.2. The molecule has 0 spiro atoms. The van der Waals surface area contributed by atoms with Crippen molar-refractivity contribution in [3.05, 3.63) is 59.6 Å². The van der Waals surface area contributed by atoms with Crippen LogP contribution in [-0.2, 0) is 6.54 Å². The number of nitrogens with one attached hydrogen (secondary N) is 1. The second kappa shape index (κ2) is 11.1. The summed E-state index contributed by atoms with van der Waals surface area (Å²) in [7, 11) is 5.89. The minimum Gasteiger partial charge on any atom is -0.495 e. The van der Waals surface area contributed by atoms with Crippen molar-refractivity contribution < 1.29 is 9.84 Å². The van der Waals surface area contributed by atoms with Crippen molar-refractivity contribution in [1.29, 1.82) is 0 Å². The van der Waals surface area contributed by atoms with E-state index in [0.29, 0.717) is 28.9 Å². The lowest BCUT2D eigenvalue weighted by Crippen LogP contribution is -2.40. The number of anilines is 3. The molecule has 0 amide bonds. The van der Waals surface area contributed by atoms with Gasteiger partial charge >= 0.3 is 0 Å². The molecule has 1 fully saturated rings. The number of ether oxygens (including phenoxy) is 1. The highest BCUT2D eigenvalue weighted by atomic mass is 16.5. The summed E-state index contributed by atoms with van der Waals surface area (Å²) in [5.41, 5.74) is 1.94. The number of methoxy groups -OCH3 is 1. The molecule has 0 saturated carbocycles. The highest BCUT2D eigenvalue weighted by Crippen LogP contribution is 2.34. The van der Waals surface area contributed by atoms with Gasteiger partial charge in [0.1, 0.15) is 11.1 Å². The van der Waals surface area contributed by atoms with Crippen LogP contribution < -0.4 is 20.5 Å². The average Bonchev–Trinajstić information content (AvgIpc) is 3.53. The molecule has 12 heteroatoms. The van der Waals surface area contributed by atoms with Crippen molar-refractivity contribution in [3.63, 3.8) is 0 Å². The van der Waals surface area contributed by atoms with Crippen molar-refractivity contribution in [1.82, 2.24) is 29.2 Å². The van der Waals surface area contributed by atoms with E-state index in [1.165, 1.54) is 10.9 Å². The molecular formula is C28H37N9O3. The molecule has 3 aromatic rings. The summed E-state index contributed by atoms with van der Waals surface area (Å²) in [6.07, 6.45) is 6.71. The van der Waals surface area contributed by atoms with Crippen LogP contribution in [0.3, 0.4) is 0 Å². The number of rotatable bonds is 8. The van der Waals surface area contributed by atoms with E-state index in [2.05, 4.69) is 45.9 Å². The van der Waals surface area contributed by atoms with E-state index < -0.39 is 6.23 Å². The monoisotopic (exact) mass is 547 g/mol. The van der Waals surface area contributed by atoms with Gasteiger partial charge in [-0.25, -0.2) is 14.3 Å². The zero-order valence-electron chi connectivity index (χ0n) is 23.7.